The van der Waals surface area contributed by atoms with Crippen molar-refractivity contribution in [3.63, 3.8) is 0 Å². The molecule has 21 heavy (non-hydrogen) atoms. The number of nitrogens with two attached hydrogens (primary N) is 1. The summed E-state index contributed by atoms with van der Waals surface area (Å²) in [5.41, 5.74) is 6.85. The monoisotopic (exact) mass is 312 g/mol. The molecule has 0 atom stereocenters. The molecule has 0 saturated heterocycles. The number of halogens is 2. The molecule has 0 radical (unpaired) electrons. The molecule has 0 fully saturated rings. The van der Waals surface area contributed by atoms with Crippen LogP contribution in [-0.4, -0.2) is 8.42 Å². The van der Waals surface area contributed by atoms with Gasteiger partial charge in [-0.3, -0.25) is 4.72 Å². The predicted molar refractivity (Wildman–Crippen MR) is 76.9 cm³/mol. The van der Waals surface area contributed by atoms with Crippen LogP contribution in [0.3, 0.4) is 0 Å². The van der Waals surface area contributed by atoms with Gasteiger partial charge in [-0.25, -0.2) is 17.2 Å². The van der Waals surface area contributed by atoms with E-state index in [2.05, 4.69) is 4.72 Å². The van der Waals surface area contributed by atoms with Gasteiger partial charge in [-0.2, -0.15) is 0 Å². The first-order valence-electron chi connectivity index (χ1n) is 6.13. The van der Waals surface area contributed by atoms with Gasteiger partial charge in [0.25, 0.3) is 0 Å². The Kier molecular flexibility index (Phi) is 4.54. The quantitative estimate of drug-likeness (QED) is 0.890. The number of hydrogen-bond acceptors (Lipinski definition) is 3. The first-order chi connectivity index (χ1) is 9.89. The van der Waals surface area contributed by atoms with E-state index in [-0.39, 0.29) is 11.4 Å². The highest BCUT2D eigenvalue weighted by Gasteiger charge is 2.13. The zero-order valence-corrected chi connectivity index (χ0v) is 11.8. The van der Waals surface area contributed by atoms with E-state index >= 15 is 0 Å². The summed E-state index contributed by atoms with van der Waals surface area (Å²) in [4.78, 5) is 0. The maximum Gasteiger partial charge on any atom is 0.236 e. The molecule has 0 spiro atoms. The van der Waals surface area contributed by atoms with Crippen LogP contribution in [0.15, 0.2) is 42.5 Å². The Bertz CT molecular complexity index is 748. The smallest absolute Gasteiger partial charge is 0.236 e. The largest absolute Gasteiger partial charge is 0.326 e. The van der Waals surface area contributed by atoms with E-state index in [9.17, 15) is 17.2 Å². The van der Waals surface area contributed by atoms with E-state index in [0.29, 0.717) is 12.1 Å². The normalized spacial score (nSPS) is 11.4. The Balaban J connectivity index is 2.16. The molecule has 0 aliphatic heterocycles. The molecular weight excluding hydrogens is 298 g/mol. The van der Waals surface area contributed by atoms with Crippen LogP contribution in [0, 0.1) is 11.6 Å². The molecule has 3 N–H and O–H groups in total. The number of anilines is 1. The summed E-state index contributed by atoms with van der Waals surface area (Å²) >= 11 is 0. The van der Waals surface area contributed by atoms with Crippen molar-refractivity contribution in [2.24, 2.45) is 5.73 Å². The van der Waals surface area contributed by atoms with Crippen LogP contribution >= 0.6 is 0 Å². The molecule has 0 aliphatic carbocycles. The van der Waals surface area contributed by atoms with Crippen molar-refractivity contribution in [2.75, 3.05) is 4.72 Å². The molecular formula is C14H14F2N2O2S. The molecule has 0 saturated carbocycles. The SMILES string of the molecule is NCc1cccc(CS(=O)(=O)Nc2ccc(F)c(F)c2)c1. The molecule has 7 heteroatoms. The van der Waals surface area contributed by atoms with E-state index in [1.807, 2.05) is 0 Å². The molecule has 2 rings (SSSR count). The Labute approximate surface area is 121 Å². The molecule has 4 nitrogen and oxygen atoms in total. The third kappa shape index (κ3) is 4.24. The fourth-order valence-corrected chi connectivity index (χ4v) is 3.02. The number of hydrogen-bond donors (Lipinski definition) is 2. The lowest BCUT2D eigenvalue weighted by Gasteiger charge is -2.09. The summed E-state index contributed by atoms with van der Waals surface area (Å²) in [6.45, 7) is 0.310. The van der Waals surface area contributed by atoms with E-state index in [1.165, 1.54) is 0 Å². The van der Waals surface area contributed by atoms with Crippen LogP contribution in [0.1, 0.15) is 11.1 Å². The zero-order valence-electron chi connectivity index (χ0n) is 11.0. The summed E-state index contributed by atoms with van der Waals surface area (Å²) in [6.07, 6.45) is 0. The number of benzene rings is 2. The summed E-state index contributed by atoms with van der Waals surface area (Å²) in [5.74, 6) is -2.42. The Morgan fingerprint density at radius 1 is 1.00 bits per heavy atom. The van der Waals surface area contributed by atoms with E-state index in [4.69, 9.17) is 5.73 Å². The average Bonchev–Trinajstić information content (AvgIpc) is 2.42. The summed E-state index contributed by atoms with van der Waals surface area (Å²) in [6, 6.07) is 9.66. The second kappa shape index (κ2) is 6.19. The van der Waals surface area contributed by atoms with Gasteiger partial charge in [0, 0.05) is 12.6 Å². The van der Waals surface area contributed by atoms with Gasteiger partial charge >= 0.3 is 0 Å². The van der Waals surface area contributed by atoms with Crippen LogP contribution in [0.4, 0.5) is 14.5 Å². The van der Waals surface area contributed by atoms with Crippen molar-refractivity contribution in [3.8, 4) is 0 Å². The van der Waals surface area contributed by atoms with Gasteiger partial charge in [0.05, 0.1) is 11.4 Å². The maximum absolute atomic E-state index is 13.1. The van der Waals surface area contributed by atoms with Crippen molar-refractivity contribution in [1.29, 1.82) is 0 Å². The van der Waals surface area contributed by atoms with Gasteiger partial charge < -0.3 is 5.73 Å². The molecule has 0 heterocycles. The fraction of sp³-hybridized carbons (Fsp3) is 0.143. The number of nitrogens with one attached hydrogen (secondary N) is 1. The van der Waals surface area contributed by atoms with Gasteiger partial charge in [-0.05, 0) is 23.3 Å². The van der Waals surface area contributed by atoms with Gasteiger partial charge in [-0.15, -0.1) is 0 Å². The standard InChI is InChI=1S/C14H14F2N2O2S/c15-13-5-4-12(7-14(13)16)18-21(19,20)9-11-3-1-2-10(6-11)8-17/h1-7,18H,8-9,17H2. The Hall–Kier alpha value is -1.99. The average molecular weight is 312 g/mol. The molecule has 0 aliphatic rings. The van der Waals surface area contributed by atoms with Crippen molar-refractivity contribution < 1.29 is 17.2 Å². The van der Waals surface area contributed by atoms with Gasteiger partial charge in [0.1, 0.15) is 0 Å². The lowest BCUT2D eigenvalue weighted by molar-refractivity contribution is 0.509. The molecule has 2 aromatic carbocycles. The summed E-state index contributed by atoms with van der Waals surface area (Å²) < 4.78 is 52.1. The van der Waals surface area contributed by atoms with Gasteiger partial charge in [0.15, 0.2) is 11.6 Å². The van der Waals surface area contributed by atoms with Gasteiger partial charge in [-0.1, -0.05) is 24.3 Å². The van der Waals surface area contributed by atoms with Crippen LogP contribution in [0.25, 0.3) is 0 Å². The Morgan fingerprint density at radius 2 is 1.71 bits per heavy atom. The summed E-state index contributed by atoms with van der Waals surface area (Å²) in [5, 5.41) is 0. The van der Waals surface area contributed by atoms with Crippen molar-refractivity contribution in [3.05, 3.63) is 65.2 Å². The van der Waals surface area contributed by atoms with Crippen LogP contribution in [0.2, 0.25) is 0 Å². The second-order valence-corrected chi connectivity index (χ2v) is 6.24. The first kappa shape index (κ1) is 15.4. The minimum Gasteiger partial charge on any atom is -0.326 e. The Morgan fingerprint density at radius 3 is 2.38 bits per heavy atom. The molecule has 0 aromatic heterocycles. The van der Waals surface area contributed by atoms with Crippen LogP contribution in [0.5, 0.6) is 0 Å². The molecule has 0 bridgehead atoms. The fourth-order valence-electron chi connectivity index (χ4n) is 1.84. The third-order valence-electron chi connectivity index (χ3n) is 2.78. The van der Waals surface area contributed by atoms with Crippen LogP contribution in [-0.2, 0) is 22.3 Å². The lowest BCUT2D eigenvalue weighted by atomic mass is 10.1. The second-order valence-electron chi connectivity index (χ2n) is 4.51. The topological polar surface area (TPSA) is 72.2 Å². The first-order valence-corrected chi connectivity index (χ1v) is 7.78. The van der Waals surface area contributed by atoms with E-state index < -0.39 is 21.7 Å². The van der Waals surface area contributed by atoms with Crippen molar-refractivity contribution in [1.82, 2.24) is 0 Å². The van der Waals surface area contributed by atoms with Crippen molar-refractivity contribution in [2.45, 2.75) is 12.3 Å². The molecule has 0 unspecified atom stereocenters. The highest BCUT2D eigenvalue weighted by Crippen LogP contribution is 2.16. The summed E-state index contributed by atoms with van der Waals surface area (Å²) in [7, 11) is -3.72. The van der Waals surface area contributed by atoms with E-state index in [1.54, 1.807) is 24.3 Å². The van der Waals surface area contributed by atoms with Crippen molar-refractivity contribution >= 4 is 15.7 Å². The highest BCUT2D eigenvalue weighted by molar-refractivity contribution is 7.91. The van der Waals surface area contributed by atoms with Gasteiger partial charge in [0.2, 0.25) is 10.0 Å². The minimum atomic E-state index is -3.72. The molecule has 0 amide bonds. The number of sulfonamides is 1. The number of rotatable bonds is 5. The lowest BCUT2D eigenvalue weighted by Crippen LogP contribution is -2.15. The molecule has 2 aromatic rings. The maximum atomic E-state index is 13.1. The highest BCUT2D eigenvalue weighted by atomic mass is 32.2. The van der Waals surface area contributed by atoms with Crippen LogP contribution < -0.4 is 10.5 Å². The minimum absolute atomic E-state index is 0.0242. The predicted octanol–water partition coefficient (Wildman–Crippen LogP) is 2.37. The van der Waals surface area contributed by atoms with E-state index in [0.717, 1.165) is 23.8 Å². The zero-order chi connectivity index (χ0) is 15.5. The molecule has 112 valence electrons. The third-order valence-corrected chi connectivity index (χ3v) is 4.04.